The van der Waals surface area contributed by atoms with E-state index in [1.165, 1.54) is 0 Å². The monoisotopic (exact) mass is 404 g/mol. The van der Waals surface area contributed by atoms with Gasteiger partial charge in [0, 0.05) is 42.2 Å². The quantitative estimate of drug-likeness (QED) is 0.594. The van der Waals surface area contributed by atoms with Gasteiger partial charge in [-0.2, -0.15) is 0 Å². The summed E-state index contributed by atoms with van der Waals surface area (Å²) >= 11 is 0. The maximum absolute atomic E-state index is 13.2. The molecule has 4 rings (SSSR count). The van der Waals surface area contributed by atoms with Gasteiger partial charge in [-0.1, -0.05) is 24.3 Å². The molecule has 0 N–H and O–H groups in total. The first-order valence-electron chi connectivity index (χ1n) is 10.0. The van der Waals surface area contributed by atoms with Crippen LogP contribution >= 0.6 is 0 Å². The van der Waals surface area contributed by atoms with Gasteiger partial charge in [0.1, 0.15) is 25.6 Å². The number of para-hydroxylation sites is 1. The van der Waals surface area contributed by atoms with Gasteiger partial charge in [0.2, 0.25) is 0 Å². The van der Waals surface area contributed by atoms with Crippen molar-refractivity contribution in [2.24, 2.45) is 0 Å². The van der Waals surface area contributed by atoms with Crippen LogP contribution in [0.5, 0.6) is 17.2 Å². The largest absolute Gasteiger partial charge is 0.489 e. The van der Waals surface area contributed by atoms with Gasteiger partial charge in [0.05, 0.1) is 0 Å². The second-order valence-electron chi connectivity index (χ2n) is 6.94. The molecule has 0 bridgehead atoms. The molecule has 6 heteroatoms. The third-order valence-corrected chi connectivity index (χ3v) is 4.89. The Morgan fingerprint density at radius 2 is 1.97 bits per heavy atom. The lowest BCUT2D eigenvalue weighted by atomic mass is 10.1. The summed E-state index contributed by atoms with van der Waals surface area (Å²) in [4.78, 5) is 19.0. The van der Waals surface area contributed by atoms with Crippen LogP contribution in [0.4, 0.5) is 0 Å². The number of amides is 1. The van der Waals surface area contributed by atoms with Gasteiger partial charge in [0.25, 0.3) is 5.91 Å². The number of aromatic nitrogens is 1. The second kappa shape index (κ2) is 9.31. The Morgan fingerprint density at radius 3 is 2.80 bits per heavy atom. The molecule has 154 valence electrons. The zero-order valence-electron chi connectivity index (χ0n) is 16.9. The zero-order valence-corrected chi connectivity index (χ0v) is 16.9. The van der Waals surface area contributed by atoms with Crippen molar-refractivity contribution < 1.29 is 19.0 Å². The number of pyridine rings is 1. The van der Waals surface area contributed by atoms with Gasteiger partial charge >= 0.3 is 0 Å². The van der Waals surface area contributed by atoms with Crippen molar-refractivity contribution in [3.8, 4) is 17.2 Å². The van der Waals surface area contributed by atoms with Gasteiger partial charge in [-0.3, -0.25) is 9.78 Å². The van der Waals surface area contributed by atoms with Crippen LogP contribution in [0.2, 0.25) is 0 Å². The van der Waals surface area contributed by atoms with Crippen molar-refractivity contribution in [1.82, 2.24) is 9.88 Å². The van der Waals surface area contributed by atoms with Crippen LogP contribution in [-0.2, 0) is 13.2 Å². The summed E-state index contributed by atoms with van der Waals surface area (Å²) in [6.07, 6.45) is 3.49. The van der Waals surface area contributed by atoms with Crippen molar-refractivity contribution in [3.63, 3.8) is 0 Å². The molecule has 0 saturated carbocycles. The number of ether oxygens (including phenoxy) is 3. The number of nitrogens with zero attached hydrogens (tertiary/aromatic N) is 2. The smallest absolute Gasteiger partial charge is 0.254 e. The van der Waals surface area contributed by atoms with Crippen molar-refractivity contribution >= 4 is 5.91 Å². The molecule has 0 aliphatic carbocycles. The fourth-order valence-electron chi connectivity index (χ4n) is 3.34. The third kappa shape index (κ3) is 4.54. The number of hydrogen-bond acceptors (Lipinski definition) is 5. The molecule has 0 unspecified atom stereocenters. The van der Waals surface area contributed by atoms with E-state index in [-0.39, 0.29) is 5.91 Å². The summed E-state index contributed by atoms with van der Waals surface area (Å²) in [6, 6.07) is 16.9. The molecule has 1 aromatic heterocycles. The Kier molecular flexibility index (Phi) is 6.13. The number of benzene rings is 2. The number of carbonyl (C=O) groups excluding carboxylic acids is 1. The average molecular weight is 404 g/mol. The Hall–Kier alpha value is -3.54. The topological polar surface area (TPSA) is 60.9 Å². The number of hydrogen-bond donors (Lipinski definition) is 0. The third-order valence-electron chi connectivity index (χ3n) is 4.89. The van der Waals surface area contributed by atoms with E-state index >= 15 is 0 Å². The highest BCUT2D eigenvalue weighted by molar-refractivity contribution is 5.94. The Labute approximate surface area is 176 Å². The maximum Gasteiger partial charge on any atom is 0.254 e. The molecular weight excluding hydrogens is 380 g/mol. The van der Waals surface area contributed by atoms with E-state index in [1.807, 2.05) is 55.5 Å². The first-order chi connectivity index (χ1) is 14.7. The minimum absolute atomic E-state index is 0.0568. The van der Waals surface area contributed by atoms with E-state index in [2.05, 4.69) is 4.98 Å². The molecule has 0 atom stereocenters. The van der Waals surface area contributed by atoms with Crippen LogP contribution in [0.1, 0.15) is 28.4 Å². The standard InChI is InChI=1S/C24H24N2O4/c1-2-26(16-20-8-4-10-22-23(20)29-13-12-28-22)24(27)19-7-3-9-21(14-19)30-17-18-6-5-11-25-15-18/h3-11,14-15H,2,12-13,16-17H2,1H3. The lowest BCUT2D eigenvalue weighted by Crippen LogP contribution is -2.31. The summed E-state index contributed by atoms with van der Waals surface area (Å²) in [5.74, 6) is 2.05. The van der Waals surface area contributed by atoms with Crippen LogP contribution in [0.15, 0.2) is 67.0 Å². The highest BCUT2D eigenvalue weighted by Crippen LogP contribution is 2.34. The van der Waals surface area contributed by atoms with Gasteiger partial charge in [0.15, 0.2) is 11.5 Å². The number of rotatable bonds is 7. The van der Waals surface area contributed by atoms with E-state index in [1.54, 1.807) is 23.4 Å². The first kappa shape index (κ1) is 19.8. The fraction of sp³-hybridized carbons (Fsp3) is 0.250. The van der Waals surface area contributed by atoms with Gasteiger partial charge < -0.3 is 19.1 Å². The minimum Gasteiger partial charge on any atom is -0.489 e. The van der Waals surface area contributed by atoms with Crippen molar-refractivity contribution in [1.29, 1.82) is 0 Å². The Balaban J connectivity index is 1.47. The van der Waals surface area contributed by atoms with Gasteiger partial charge in [-0.05, 0) is 37.3 Å². The molecule has 0 fully saturated rings. The summed E-state index contributed by atoms with van der Waals surface area (Å²) in [6.45, 7) is 4.44. The summed E-state index contributed by atoms with van der Waals surface area (Å²) in [5.41, 5.74) is 2.49. The van der Waals surface area contributed by atoms with E-state index < -0.39 is 0 Å². The Bertz CT molecular complexity index is 1010. The molecule has 3 aromatic rings. The summed E-state index contributed by atoms with van der Waals surface area (Å²) < 4.78 is 17.3. The van der Waals surface area contributed by atoms with Crippen LogP contribution in [0, 0.1) is 0 Å². The van der Waals surface area contributed by atoms with E-state index in [4.69, 9.17) is 14.2 Å². The molecule has 2 heterocycles. The van der Waals surface area contributed by atoms with Crippen molar-refractivity contribution in [3.05, 3.63) is 83.7 Å². The molecule has 1 aliphatic rings. The van der Waals surface area contributed by atoms with Gasteiger partial charge in [-0.15, -0.1) is 0 Å². The molecule has 1 aliphatic heterocycles. The van der Waals surface area contributed by atoms with Crippen LogP contribution in [0.25, 0.3) is 0 Å². The Morgan fingerprint density at radius 1 is 1.10 bits per heavy atom. The minimum atomic E-state index is -0.0568. The highest BCUT2D eigenvalue weighted by Gasteiger charge is 2.20. The van der Waals surface area contributed by atoms with Crippen LogP contribution in [0.3, 0.4) is 0 Å². The molecular formula is C24H24N2O4. The highest BCUT2D eigenvalue weighted by atomic mass is 16.6. The van der Waals surface area contributed by atoms with Crippen molar-refractivity contribution in [2.45, 2.75) is 20.1 Å². The molecule has 0 saturated heterocycles. The van der Waals surface area contributed by atoms with E-state index in [0.717, 1.165) is 22.6 Å². The second-order valence-corrected chi connectivity index (χ2v) is 6.94. The molecule has 0 spiro atoms. The van der Waals surface area contributed by atoms with Crippen molar-refractivity contribution in [2.75, 3.05) is 19.8 Å². The SMILES string of the molecule is CCN(Cc1cccc2c1OCCO2)C(=O)c1cccc(OCc2cccnc2)c1. The lowest BCUT2D eigenvalue weighted by Gasteiger charge is -2.25. The zero-order chi connectivity index (χ0) is 20.8. The van der Waals surface area contributed by atoms with Crippen LogP contribution < -0.4 is 14.2 Å². The number of fused-ring (bicyclic) bond motifs is 1. The lowest BCUT2D eigenvalue weighted by molar-refractivity contribution is 0.0748. The molecule has 2 aromatic carbocycles. The molecule has 30 heavy (non-hydrogen) atoms. The summed E-state index contributed by atoms with van der Waals surface area (Å²) in [7, 11) is 0. The predicted molar refractivity (Wildman–Crippen MR) is 113 cm³/mol. The average Bonchev–Trinajstić information content (AvgIpc) is 2.81. The normalized spacial score (nSPS) is 12.3. The predicted octanol–water partition coefficient (Wildman–Crippen LogP) is 4.09. The van der Waals surface area contributed by atoms with Crippen LogP contribution in [-0.4, -0.2) is 35.5 Å². The molecule has 1 amide bonds. The summed E-state index contributed by atoms with van der Waals surface area (Å²) in [5, 5.41) is 0. The first-order valence-corrected chi connectivity index (χ1v) is 10.0. The van der Waals surface area contributed by atoms with Gasteiger partial charge in [-0.25, -0.2) is 0 Å². The molecule has 6 nitrogen and oxygen atoms in total. The van der Waals surface area contributed by atoms with E-state index in [9.17, 15) is 4.79 Å². The van der Waals surface area contributed by atoms with E-state index in [0.29, 0.717) is 44.2 Å². The maximum atomic E-state index is 13.2. The molecule has 0 radical (unpaired) electrons. The fourth-order valence-corrected chi connectivity index (χ4v) is 3.34. The number of carbonyl (C=O) groups is 1.